The largest absolute Gasteiger partial charge is 0.472 e. The zero-order chi connectivity index (χ0) is 74.9. The molecule has 5 atom stereocenters. The predicted octanol–water partition coefficient (Wildman–Crippen LogP) is 25.1. The second-order valence-electron chi connectivity index (χ2n) is 30.8. The molecule has 0 rings (SSSR count). The number of esters is 4. The highest BCUT2D eigenvalue weighted by Gasteiger charge is 2.30. The first-order chi connectivity index (χ1) is 49.4. The smallest absolute Gasteiger partial charge is 0.462 e. The zero-order valence-electron chi connectivity index (χ0n) is 66.9. The Balaban J connectivity index is 5.26. The van der Waals surface area contributed by atoms with Crippen LogP contribution < -0.4 is 0 Å². The molecule has 0 amide bonds. The number of aliphatic hydroxyl groups is 1. The summed E-state index contributed by atoms with van der Waals surface area (Å²) >= 11 is 0. The van der Waals surface area contributed by atoms with Crippen LogP contribution in [0, 0.1) is 11.8 Å². The number of carbonyl (C=O) groups excluding carboxylic acids is 4. The van der Waals surface area contributed by atoms with Crippen molar-refractivity contribution in [1.82, 2.24) is 0 Å². The van der Waals surface area contributed by atoms with Crippen LogP contribution in [0.25, 0.3) is 0 Å². The Morgan fingerprint density at radius 3 is 0.667 bits per heavy atom. The van der Waals surface area contributed by atoms with Crippen LogP contribution in [0.1, 0.15) is 440 Å². The van der Waals surface area contributed by atoms with Crippen LogP contribution in [-0.4, -0.2) is 96.7 Å². The normalized spacial score (nSPS) is 13.9. The van der Waals surface area contributed by atoms with Crippen LogP contribution in [0.4, 0.5) is 0 Å². The molecule has 0 bridgehead atoms. The number of unbranched alkanes of at least 4 members (excludes halogenated alkanes) is 52. The molecule has 0 aromatic heterocycles. The third-order valence-electron chi connectivity index (χ3n) is 19.5. The average molecular weight is 1490 g/mol. The Labute approximate surface area is 626 Å². The fourth-order valence-electron chi connectivity index (χ4n) is 12.9. The van der Waals surface area contributed by atoms with Gasteiger partial charge in [0.25, 0.3) is 0 Å². The third-order valence-corrected chi connectivity index (χ3v) is 21.4. The van der Waals surface area contributed by atoms with Crippen molar-refractivity contribution in [3.8, 4) is 0 Å². The summed E-state index contributed by atoms with van der Waals surface area (Å²) in [7, 11) is -9.92. The van der Waals surface area contributed by atoms with Crippen molar-refractivity contribution in [3.63, 3.8) is 0 Å². The maximum Gasteiger partial charge on any atom is 0.472 e. The Kier molecular flexibility index (Phi) is 73.1. The Hall–Kier alpha value is -1.94. The minimum atomic E-state index is -4.96. The van der Waals surface area contributed by atoms with Gasteiger partial charge >= 0.3 is 39.5 Å². The summed E-state index contributed by atoms with van der Waals surface area (Å²) in [6.45, 7) is 9.64. The van der Waals surface area contributed by atoms with Gasteiger partial charge in [-0.2, -0.15) is 0 Å². The van der Waals surface area contributed by atoms with E-state index in [0.29, 0.717) is 25.7 Å². The molecule has 3 N–H and O–H groups in total. The first-order valence-corrected chi connectivity index (χ1v) is 46.0. The van der Waals surface area contributed by atoms with E-state index in [4.69, 9.17) is 37.0 Å². The number of phosphoric acid groups is 2. The second kappa shape index (κ2) is 74.5. The minimum Gasteiger partial charge on any atom is -0.462 e. The number of rotatable bonds is 82. The van der Waals surface area contributed by atoms with Crippen LogP contribution in [-0.2, 0) is 65.4 Å². The van der Waals surface area contributed by atoms with Gasteiger partial charge in [0.1, 0.15) is 19.3 Å². The van der Waals surface area contributed by atoms with Gasteiger partial charge in [0.2, 0.25) is 0 Å². The molecule has 606 valence electrons. The molecule has 0 aromatic rings. The number of aliphatic hydroxyl groups excluding tert-OH is 1. The SMILES string of the molecule is CCCCCCCCCCCCCCCCCCCCC(=O)OC[C@H](COP(=O)(O)OC[C@@H](O)COP(=O)(O)OC[C@@H](COC(=O)CCCCCCCCCCCCC(C)C)OC(=O)CCCCCCCCCCCCC(C)C)OC(=O)CCCCCCCCCCCCCCCCCCCC. The van der Waals surface area contributed by atoms with Crippen molar-refractivity contribution in [3.05, 3.63) is 0 Å². The highest BCUT2D eigenvalue weighted by Crippen LogP contribution is 2.45. The van der Waals surface area contributed by atoms with Crippen LogP contribution in [0.15, 0.2) is 0 Å². The van der Waals surface area contributed by atoms with E-state index in [1.165, 1.54) is 257 Å². The summed E-state index contributed by atoms with van der Waals surface area (Å²) in [5, 5.41) is 10.7. The van der Waals surface area contributed by atoms with Gasteiger partial charge in [-0.3, -0.25) is 37.3 Å². The molecule has 0 aliphatic carbocycles. The molecule has 0 fully saturated rings. The summed E-state index contributed by atoms with van der Waals surface area (Å²) in [5.41, 5.74) is 0. The Morgan fingerprint density at radius 1 is 0.265 bits per heavy atom. The van der Waals surface area contributed by atoms with E-state index in [0.717, 1.165) is 102 Å². The lowest BCUT2D eigenvalue weighted by atomic mass is 10.0. The van der Waals surface area contributed by atoms with Crippen molar-refractivity contribution < 1.29 is 80.2 Å². The molecular weight excluding hydrogens is 1330 g/mol. The van der Waals surface area contributed by atoms with Gasteiger partial charge in [-0.15, -0.1) is 0 Å². The van der Waals surface area contributed by atoms with E-state index in [1.807, 2.05) is 0 Å². The van der Waals surface area contributed by atoms with Gasteiger partial charge < -0.3 is 33.8 Å². The molecular formula is C83H162O17P2. The molecule has 2 unspecified atom stereocenters. The maximum atomic E-state index is 13.1. The number of hydrogen-bond donors (Lipinski definition) is 3. The van der Waals surface area contributed by atoms with E-state index >= 15 is 0 Å². The van der Waals surface area contributed by atoms with E-state index < -0.39 is 97.5 Å². The lowest BCUT2D eigenvalue weighted by Gasteiger charge is -2.21. The highest BCUT2D eigenvalue weighted by molar-refractivity contribution is 7.47. The Bertz CT molecular complexity index is 1960. The number of carbonyl (C=O) groups is 4. The van der Waals surface area contributed by atoms with Crippen LogP contribution in [0.5, 0.6) is 0 Å². The van der Waals surface area contributed by atoms with Crippen molar-refractivity contribution in [2.24, 2.45) is 11.8 Å². The molecule has 0 heterocycles. The lowest BCUT2D eigenvalue weighted by molar-refractivity contribution is -0.161. The molecule has 0 radical (unpaired) electrons. The number of ether oxygens (including phenoxy) is 4. The molecule has 17 nitrogen and oxygen atoms in total. The van der Waals surface area contributed by atoms with E-state index in [9.17, 15) is 43.2 Å². The average Bonchev–Trinajstić information content (AvgIpc) is 1.04. The maximum absolute atomic E-state index is 13.1. The molecule has 0 aromatic carbocycles. The lowest BCUT2D eigenvalue weighted by Crippen LogP contribution is -2.30. The fourth-order valence-corrected chi connectivity index (χ4v) is 14.5. The Morgan fingerprint density at radius 2 is 0.451 bits per heavy atom. The zero-order valence-corrected chi connectivity index (χ0v) is 68.7. The molecule has 0 saturated carbocycles. The third kappa shape index (κ3) is 76.3. The quantitative estimate of drug-likeness (QED) is 0.0222. The molecule has 102 heavy (non-hydrogen) atoms. The molecule has 0 aliphatic heterocycles. The molecule has 0 spiro atoms. The van der Waals surface area contributed by atoms with E-state index in [1.54, 1.807) is 0 Å². The summed E-state index contributed by atoms with van der Waals surface area (Å²) in [5.74, 6) is -0.595. The first kappa shape index (κ1) is 100. The molecule has 19 heteroatoms. The molecule has 0 aliphatic rings. The number of hydrogen-bond acceptors (Lipinski definition) is 15. The summed E-state index contributed by atoms with van der Waals surface area (Å²) in [4.78, 5) is 73.1. The summed E-state index contributed by atoms with van der Waals surface area (Å²) in [6, 6.07) is 0. The van der Waals surface area contributed by atoms with E-state index in [2.05, 4.69) is 41.5 Å². The predicted molar refractivity (Wildman–Crippen MR) is 418 cm³/mol. The van der Waals surface area contributed by atoms with Gasteiger partial charge in [0.15, 0.2) is 12.2 Å². The molecule has 0 saturated heterocycles. The van der Waals surface area contributed by atoms with Crippen LogP contribution in [0.3, 0.4) is 0 Å². The summed E-state index contributed by atoms with van der Waals surface area (Å²) < 4.78 is 68.8. The first-order valence-electron chi connectivity index (χ1n) is 43.0. The van der Waals surface area contributed by atoms with Crippen molar-refractivity contribution in [2.45, 2.75) is 458 Å². The highest BCUT2D eigenvalue weighted by atomic mass is 31.2. The van der Waals surface area contributed by atoms with E-state index in [-0.39, 0.29) is 25.7 Å². The number of phosphoric ester groups is 2. The van der Waals surface area contributed by atoms with Gasteiger partial charge in [-0.25, -0.2) is 9.13 Å². The van der Waals surface area contributed by atoms with Gasteiger partial charge in [-0.05, 0) is 37.5 Å². The standard InChI is InChI=1S/C83H162O17P2/c1-7-9-11-13-15-17-19-21-23-25-27-29-31-33-41-47-53-59-65-80(85)93-71-78(99-82(87)67-61-55-49-43-34-32-30-28-26-24-22-20-18-16-14-12-10-8-2)73-97-101(89,90)95-69-77(84)70-96-102(91,92)98-74-79(100-83(88)68-62-56-50-44-38-36-40-46-52-58-64-76(5)6)72-94-81(86)66-60-54-48-42-37-35-39-45-51-57-63-75(3)4/h75-79,84H,7-74H2,1-6H3,(H,89,90)(H,91,92)/t77-,78-,79-/m1/s1. The fraction of sp³-hybridized carbons (Fsp3) is 0.952. The van der Waals surface area contributed by atoms with Crippen molar-refractivity contribution in [2.75, 3.05) is 39.6 Å². The van der Waals surface area contributed by atoms with Gasteiger partial charge in [0, 0.05) is 25.7 Å². The topological polar surface area (TPSA) is 237 Å². The summed E-state index contributed by atoms with van der Waals surface area (Å²) in [6.07, 6.45) is 65.2. The van der Waals surface area contributed by atoms with Crippen LogP contribution >= 0.6 is 15.6 Å². The van der Waals surface area contributed by atoms with Crippen molar-refractivity contribution in [1.29, 1.82) is 0 Å². The van der Waals surface area contributed by atoms with Gasteiger partial charge in [0.05, 0.1) is 26.4 Å². The van der Waals surface area contributed by atoms with Crippen LogP contribution in [0.2, 0.25) is 0 Å². The monoisotopic (exact) mass is 1490 g/mol. The van der Waals surface area contributed by atoms with Gasteiger partial charge in [-0.1, -0.05) is 388 Å². The minimum absolute atomic E-state index is 0.106. The van der Waals surface area contributed by atoms with Crippen molar-refractivity contribution >= 4 is 39.5 Å². The second-order valence-corrected chi connectivity index (χ2v) is 33.7.